The predicted molar refractivity (Wildman–Crippen MR) is 56.3 cm³/mol. The predicted octanol–water partition coefficient (Wildman–Crippen LogP) is 2.96. The quantitative estimate of drug-likeness (QED) is 0.714. The number of halogens is 1. The highest BCUT2D eigenvalue weighted by Gasteiger charge is 2.22. The van der Waals surface area contributed by atoms with Crippen LogP contribution in [-0.4, -0.2) is 12.6 Å². The fourth-order valence-corrected chi connectivity index (χ4v) is 1.27. The van der Waals surface area contributed by atoms with E-state index in [1.807, 2.05) is 13.0 Å². The molecule has 15 heavy (non-hydrogen) atoms. The van der Waals surface area contributed by atoms with Gasteiger partial charge in [-0.3, -0.25) is 0 Å². The van der Waals surface area contributed by atoms with Crippen LogP contribution in [0.2, 0.25) is 0 Å². The van der Waals surface area contributed by atoms with Crippen LogP contribution in [0.4, 0.5) is 4.39 Å². The first kappa shape index (κ1) is 11.7. The molecule has 0 aliphatic carbocycles. The number of hydrogen-bond donors (Lipinski definition) is 0. The van der Waals surface area contributed by atoms with E-state index in [0.717, 1.165) is 5.56 Å². The van der Waals surface area contributed by atoms with Crippen LogP contribution < -0.4 is 0 Å². The van der Waals surface area contributed by atoms with Crippen LogP contribution >= 0.6 is 0 Å². The van der Waals surface area contributed by atoms with Gasteiger partial charge in [-0.1, -0.05) is 31.2 Å². The second-order valence-corrected chi connectivity index (χ2v) is 3.39. The van der Waals surface area contributed by atoms with Gasteiger partial charge in [0.1, 0.15) is 0 Å². The number of rotatable bonds is 4. The normalized spacial score (nSPS) is 12.2. The van der Waals surface area contributed by atoms with Crippen molar-refractivity contribution in [3.8, 4) is 0 Å². The SMILES string of the molecule is CCCOC(=O)[C@H](F)c1ccccc1C. The Morgan fingerprint density at radius 1 is 1.47 bits per heavy atom. The number of aryl methyl sites for hydroxylation is 1. The van der Waals surface area contributed by atoms with Crippen LogP contribution in [0, 0.1) is 6.92 Å². The van der Waals surface area contributed by atoms with E-state index >= 15 is 0 Å². The maximum atomic E-state index is 13.6. The summed E-state index contributed by atoms with van der Waals surface area (Å²) < 4.78 is 18.4. The lowest BCUT2D eigenvalue weighted by Crippen LogP contribution is -2.13. The second kappa shape index (κ2) is 5.49. The minimum absolute atomic E-state index is 0.269. The molecule has 1 aromatic carbocycles. The van der Waals surface area contributed by atoms with Gasteiger partial charge in [-0.2, -0.15) is 0 Å². The molecule has 0 N–H and O–H groups in total. The van der Waals surface area contributed by atoms with E-state index in [-0.39, 0.29) is 6.61 Å². The molecule has 3 heteroatoms. The van der Waals surface area contributed by atoms with E-state index in [0.29, 0.717) is 12.0 Å². The first-order valence-electron chi connectivity index (χ1n) is 5.03. The molecule has 0 unspecified atom stereocenters. The zero-order valence-electron chi connectivity index (χ0n) is 9.00. The van der Waals surface area contributed by atoms with Gasteiger partial charge in [0.05, 0.1) is 6.61 Å². The monoisotopic (exact) mass is 210 g/mol. The highest BCUT2D eigenvalue weighted by molar-refractivity contribution is 5.76. The molecule has 0 fully saturated rings. The van der Waals surface area contributed by atoms with Crippen molar-refractivity contribution in [1.82, 2.24) is 0 Å². The summed E-state index contributed by atoms with van der Waals surface area (Å²) in [5, 5.41) is 0. The summed E-state index contributed by atoms with van der Waals surface area (Å²) in [4.78, 5) is 11.3. The van der Waals surface area contributed by atoms with Crippen LogP contribution in [0.15, 0.2) is 24.3 Å². The molecule has 0 saturated carbocycles. The van der Waals surface area contributed by atoms with Gasteiger partial charge < -0.3 is 4.74 Å². The van der Waals surface area contributed by atoms with Crippen LogP contribution in [0.1, 0.15) is 30.6 Å². The molecule has 1 aromatic rings. The molecular formula is C12H15FO2. The number of benzene rings is 1. The molecule has 2 nitrogen and oxygen atoms in total. The van der Waals surface area contributed by atoms with E-state index in [4.69, 9.17) is 4.74 Å². The number of alkyl halides is 1. The Balaban J connectivity index is 2.72. The molecule has 0 saturated heterocycles. The Morgan fingerprint density at radius 3 is 2.73 bits per heavy atom. The smallest absolute Gasteiger partial charge is 0.345 e. The van der Waals surface area contributed by atoms with Crippen molar-refractivity contribution in [3.05, 3.63) is 35.4 Å². The van der Waals surface area contributed by atoms with Crippen molar-refractivity contribution in [2.24, 2.45) is 0 Å². The summed E-state index contributed by atoms with van der Waals surface area (Å²) in [7, 11) is 0. The summed E-state index contributed by atoms with van der Waals surface area (Å²) in [6, 6.07) is 6.90. The van der Waals surface area contributed by atoms with E-state index < -0.39 is 12.1 Å². The molecule has 0 aliphatic heterocycles. The zero-order valence-corrected chi connectivity index (χ0v) is 9.00. The molecule has 0 bridgehead atoms. The van der Waals surface area contributed by atoms with E-state index in [1.165, 1.54) is 0 Å². The Labute approximate surface area is 89.1 Å². The summed E-state index contributed by atoms with van der Waals surface area (Å²) in [5.74, 6) is -0.800. The van der Waals surface area contributed by atoms with Crippen molar-refractivity contribution in [2.75, 3.05) is 6.61 Å². The van der Waals surface area contributed by atoms with Gasteiger partial charge in [-0.05, 0) is 18.9 Å². The molecule has 0 radical (unpaired) electrons. The third-order valence-corrected chi connectivity index (χ3v) is 2.12. The van der Waals surface area contributed by atoms with Crippen LogP contribution in [0.3, 0.4) is 0 Å². The van der Waals surface area contributed by atoms with Crippen molar-refractivity contribution in [2.45, 2.75) is 26.4 Å². The fraction of sp³-hybridized carbons (Fsp3) is 0.417. The van der Waals surface area contributed by atoms with Crippen molar-refractivity contribution < 1.29 is 13.9 Å². The van der Waals surface area contributed by atoms with Crippen LogP contribution in [0.5, 0.6) is 0 Å². The van der Waals surface area contributed by atoms with Gasteiger partial charge in [0, 0.05) is 5.56 Å². The van der Waals surface area contributed by atoms with Gasteiger partial charge in [0.25, 0.3) is 0 Å². The average molecular weight is 210 g/mol. The molecule has 1 atom stereocenters. The third-order valence-electron chi connectivity index (χ3n) is 2.12. The highest BCUT2D eigenvalue weighted by atomic mass is 19.1. The number of ether oxygens (including phenoxy) is 1. The minimum Gasteiger partial charge on any atom is -0.463 e. The van der Waals surface area contributed by atoms with E-state index in [9.17, 15) is 9.18 Å². The number of carbonyl (C=O) groups excluding carboxylic acids is 1. The summed E-state index contributed by atoms with van der Waals surface area (Å²) in [5.41, 5.74) is 1.15. The van der Waals surface area contributed by atoms with E-state index in [1.54, 1.807) is 25.1 Å². The zero-order chi connectivity index (χ0) is 11.3. The van der Waals surface area contributed by atoms with Crippen LogP contribution in [-0.2, 0) is 9.53 Å². The topological polar surface area (TPSA) is 26.3 Å². The Kier molecular flexibility index (Phi) is 4.28. The molecule has 0 amide bonds. The number of carbonyl (C=O) groups is 1. The molecule has 0 heterocycles. The van der Waals surface area contributed by atoms with Crippen molar-refractivity contribution in [3.63, 3.8) is 0 Å². The average Bonchev–Trinajstić information content (AvgIpc) is 2.25. The number of esters is 1. The maximum Gasteiger partial charge on any atom is 0.345 e. The number of hydrogen-bond acceptors (Lipinski definition) is 2. The molecule has 0 aromatic heterocycles. The van der Waals surface area contributed by atoms with Crippen molar-refractivity contribution in [1.29, 1.82) is 0 Å². The largest absolute Gasteiger partial charge is 0.463 e. The second-order valence-electron chi connectivity index (χ2n) is 3.39. The van der Waals surface area contributed by atoms with E-state index in [2.05, 4.69) is 0 Å². The third kappa shape index (κ3) is 3.05. The standard InChI is InChI=1S/C12H15FO2/c1-3-8-15-12(14)11(13)10-7-5-4-6-9(10)2/h4-7,11H,3,8H2,1-2H3/t11-/m1/s1. The van der Waals surface area contributed by atoms with Gasteiger partial charge in [0.15, 0.2) is 0 Å². The molecule has 0 aliphatic rings. The molecular weight excluding hydrogens is 195 g/mol. The lowest BCUT2D eigenvalue weighted by Gasteiger charge is -2.10. The molecule has 0 spiro atoms. The summed E-state index contributed by atoms with van der Waals surface area (Å²) in [6.07, 6.45) is -0.968. The Hall–Kier alpha value is -1.38. The van der Waals surface area contributed by atoms with Gasteiger partial charge in [-0.15, -0.1) is 0 Å². The molecule has 82 valence electrons. The first-order chi connectivity index (χ1) is 7.16. The summed E-state index contributed by atoms with van der Waals surface area (Å²) in [6.45, 7) is 3.91. The first-order valence-corrected chi connectivity index (χ1v) is 5.03. The summed E-state index contributed by atoms with van der Waals surface area (Å²) >= 11 is 0. The van der Waals surface area contributed by atoms with Crippen molar-refractivity contribution >= 4 is 5.97 Å². The molecule has 1 rings (SSSR count). The maximum absolute atomic E-state index is 13.6. The Bertz CT molecular complexity index is 336. The van der Waals surface area contributed by atoms with Crippen LogP contribution in [0.25, 0.3) is 0 Å². The Morgan fingerprint density at radius 2 is 2.13 bits per heavy atom. The lowest BCUT2D eigenvalue weighted by molar-refractivity contribution is -0.149. The van der Waals surface area contributed by atoms with Gasteiger partial charge in [0.2, 0.25) is 6.17 Å². The fourth-order valence-electron chi connectivity index (χ4n) is 1.27. The highest BCUT2D eigenvalue weighted by Crippen LogP contribution is 2.22. The lowest BCUT2D eigenvalue weighted by atomic mass is 10.0. The van der Waals surface area contributed by atoms with Gasteiger partial charge in [-0.25, -0.2) is 9.18 Å². The van der Waals surface area contributed by atoms with Gasteiger partial charge >= 0.3 is 5.97 Å². The minimum atomic E-state index is -1.67.